The van der Waals surface area contributed by atoms with Crippen LogP contribution >= 0.6 is 0 Å². The molecule has 1 amide bonds. The molecule has 0 heterocycles. The van der Waals surface area contributed by atoms with E-state index in [1.165, 1.54) is 6.08 Å². The van der Waals surface area contributed by atoms with Crippen LogP contribution in [-0.4, -0.2) is 39.9 Å². The van der Waals surface area contributed by atoms with Crippen LogP contribution in [0.5, 0.6) is 11.5 Å². The van der Waals surface area contributed by atoms with E-state index in [9.17, 15) is 4.79 Å². The van der Waals surface area contributed by atoms with Crippen LogP contribution in [0, 0.1) is 0 Å². The summed E-state index contributed by atoms with van der Waals surface area (Å²) in [7, 11) is 3.25. The van der Waals surface area contributed by atoms with Gasteiger partial charge >= 0.3 is 0 Å². The number of nitrogens with one attached hydrogen (secondary N) is 1. The van der Waals surface area contributed by atoms with Crippen LogP contribution in [0.25, 0.3) is 6.08 Å². The second kappa shape index (κ2) is 11.5. The third kappa shape index (κ3) is 7.70. The Balaban J connectivity index is 2.56. The largest absolute Gasteiger partial charge is 0.493 e. The number of carbonyl (C=O) groups excluding carboxylic acids is 1. The van der Waals surface area contributed by atoms with E-state index in [4.69, 9.17) is 14.2 Å². The summed E-state index contributed by atoms with van der Waals surface area (Å²) in [5, 5.41) is 2.80. The molecule has 0 radical (unpaired) electrons. The summed E-state index contributed by atoms with van der Waals surface area (Å²) in [6.45, 7) is 4.03. The number of benzene rings is 1. The van der Waals surface area contributed by atoms with Gasteiger partial charge in [0, 0.05) is 26.3 Å². The second-order valence-electron chi connectivity index (χ2n) is 5.08. The van der Waals surface area contributed by atoms with Gasteiger partial charge in [0.1, 0.15) is 0 Å². The molecule has 0 aromatic heterocycles. The highest BCUT2D eigenvalue weighted by atomic mass is 16.5. The molecular weight excluding hydrogens is 294 g/mol. The van der Waals surface area contributed by atoms with Gasteiger partial charge in [-0.1, -0.05) is 19.4 Å². The van der Waals surface area contributed by atoms with Crippen LogP contribution < -0.4 is 14.8 Å². The molecule has 5 nitrogen and oxygen atoms in total. The first-order valence-electron chi connectivity index (χ1n) is 7.97. The molecule has 23 heavy (non-hydrogen) atoms. The Bertz CT molecular complexity index is 500. The van der Waals surface area contributed by atoms with Crippen LogP contribution in [0.2, 0.25) is 0 Å². The highest BCUT2D eigenvalue weighted by Crippen LogP contribution is 2.28. The first kappa shape index (κ1) is 19.0. The maximum absolute atomic E-state index is 11.7. The quantitative estimate of drug-likeness (QED) is 0.503. The van der Waals surface area contributed by atoms with Crippen molar-refractivity contribution in [2.45, 2.75) is 26.2 Å². The lowest BCUT2D eigenvalue weighted by atomic mass is 10.2. The van der Waals surface area contributed by atoms with Crippen LogP contribution in [0.1, 0.15) is 31.7 Å². The number of rotatable bonds is 11. The normalized spacial score (nSPS) is 10.7. The predicted octanol–water partition coefficient (Wildman–Crippen LogP) is 3.04. The zero-order chi connectivity index (χ0) is 16.9. The zero-order valence-corrected chi connectivity index (χ0v) is 14.3. The summed E-state index contributed by atoms with van der Waals surface area (Å²) < 4.78 is 16.0. The van der Waals surface area contributed by atoms with Crippen LogP contribution in [-0.2, 0) is 9.53 Å². The molecule has 0 aliphatic rings. The number of ether oxygens (including phenoxy) is 3. The third-order valence-electron chi connectivity index (χ3n) is 3.19. The highest BCUT2D eigenvalue weighted by molar-refractivity contribution is 5.91. The minimum Gasteiger partial charge on any atom is -0.493 e. The third-order valence-corrected chi connectivity index (χ3v) is 3.19. The van der Waals surface area contributed by atoms with Gasteiger partial charge in [-0.25, -0.2) is 0 Å². The van der Waals surface area contributed by atoms with Crippen molar-refractivity contribution in [3.05, 3.63) is 29.8 Å². The molecule has 1 rings (SSSR count). The number of hydrogen-bond donors (Lipinski definition) is 1. The number of methoxy groups -OCH3 is 2. The van der Waals surface area contributed by atoms with Crippen LogP contribution in [0.4, 0.5) is 0 Å². The van der Waals surface area contributed by atoms with Crippen molar-refractivity contribution in [3.8, 4) is 11.5 Å². The second-order valence-corrected chi connectivity index (χ2v) is 5.08. The predicted molar refractivity (Wildman–Crippen MR) is 91.9 cm³/mol. The molecule has 0 spiro atoms. The minimum atomic E-state index is -0.122. The van der Waals surface area contributed by atoms with E-state index >= 15 is 0 Å². The average molecular weight is 321 g/mol. The van der Waals surface area contributed by atoms with Gasteiger partial charge in [-0.15, -0.1) is 0 Å². The Morgan fingerprint density at radius 2 is 2.00 bits per heavy atom. The van der Waals surface area contributed by atoms with Crippen molar-refractivity contribution in [2.24, 2.45) is 0 Å². The van der Waals surface area contributed by atoms with E-state index in [1.54, 1.807) is 20.3 Å². The average Bonchev–Trinajstić information content (AvgIpc) is 2.57. The summed E-state index contributed by atoms with van der Waals surface area (Å²) >= 11 is 0. The molecule has 1 aromatic rings. The molecule has 1 aromatic carbocycles. The summed E-state index contributed by atoms with van der Waals surface area (Å²) in [5.74, 6) is 1.27. The van der Waals surface area contributed by atoms with Gasteiger partial charge in [0.15, 0.2) is 11.5 Å². The van der Waals surface area contributed by atoms with E-state index in [0.29, 0.717) is 25.5 Å². The number of carbonyl (C=O) groups is 1. The summed E-state index contributed by atoms with van der Waals surface area (Å²) in [5.41, 5.74) is 0.886. The monoisotopic (exact) mass is 321 g/mol. The number of amides is 1. The fourth-order valence-corrected chi connectivity index (χ4v) is 1.89. The van der Waals surface area contributed by atoms with Gasteiger partial charge < -0.3 is 19.5 Å². The standard InChI is InChI=1S/C18H27NO4/c1-4-5-13-23-16-9-7-15(14-17(16)22-3)8-10-18(20)19-11-6-12-21-2/h7-10,14H,4-6,11-13H2,1-3H3,(H,19,20)/b10-8+. The van der Waals surface area contributed by atoms with Crippen molar-refractivity contribution in [2.75, 3.05) is 34.0 Å². The first-order valence-corrected chi connectivity index (χ1v) is 7.97. The van der Waals surface area contributed by atoms with Crippen molar-refractivity contribution in [1.29, 1.82) is 0 Å². The zero-order valence-electron chi connectivity index (χ0n) is 14.3. The Kier molecular flexibility index (Phi) is 9.55. The molecule has 1 N–H and O–H groups in total. The Labute approximate surface area is 138 Å². The Morgan fingerprint density at radius 3 is 2.70 bits per heavy atom. The molecule has 128 valence electrons. The fourth-order valence-electron chi connectivity index (χ4n) is 1.89. The maximum Gasteiger partial charge on any atom is 0.244 e. The van der Waals surface area contributed by atoms with E-state index in [2.05, 4.69) is 12.2 Å². The summed E-state index contributed by atoms with van der Waals surface area (Å²) in [6, 6.07) is 5.62. The lowest BCUT2D eigenvalue weighted by Gasteiger charge is -2.10. The number of hydrogen-bond acceptors (Lipinski definition) is 4. The van der Waals surface area contributed by atoms with Crippen molar-refractivity contribution in [1.82, 2.24) is 5.32 Å². The minimum absolute atomic E-state index is 0.122. The fraction of sp³-hybridized carbons (Fsp3) is 0.500. The molecule has 5 heteroatoms. The van der Waals surface area contributed by atoms with Crippen LogP contribution in [0.15, 0.2) is 24.3 Å². The highest BCUT2D eigenvalue weighted by Gasteiger charge is 2.04. The lowest BCUT2D eigenvalue weighted by Crippen LogP contribution is -2.22. The Hall–Kier alpha value is -2.01. The summed E-state index contributed by atoms with van der Waals surface area (Å²) in [4.78, 5) is 11.7. The molecule has 0 saturated carbocycles. The van der Waals surface area contributed by atoms with E-state index in [1.807, 2.05) is 18.2 Å². The maximum atomic E-state index is 11.7. The SMILES string of the molecule is CCCCOc1ccc(/C=C/C(=O)NCCCOC)cc1OC. The van der Waals surface area contributed by atoms with Gasteiger partial charge in [-0.05, 0) is 36.6 Å². The lowest BCUT2D eigenvalue weighted by molar-refractivity contribution is -0.116. The van der Waals surface area contributed by atoms with E-state index < -0.39 is 0 Å². The molecule has 0 aliphatic heterocycles. The van der Waals surface area contributed by atoms with Gasteiger partial charge in [0.25, 0.3) is 0 Å². The molecule has 0 aliphatic carbocycles. The first-order chi connectivity index (χ1) is 11.2. The molecule has 0 saturated heterocycles. The van der Waals surface area contributed by atoms with Crippen molar-refractivity contribution in [3.63, 3.8) is 0 Å². The molecule has 0 fully saturated rings. The van der Waals surface area contributed by atoms with Crippen LogP contribution in [0.3, 0.4) is 0 Å². The molecule has 0 atom stereocenters. The topological polar surface area (TPSA) is 56.8 Å². The summed E-state index contributed by atoms with van der Waals surface area (Å²) in [6.07, 6.45) is 6.16. The van der Waals surface area contributed by atoms with Crippen molar-refractivity contribution >= 4 is 12.0 Å². The Morgan fingerprint density at radius 1 is 1.17 bits per heavy atom. The van der Waals surface area contributed by atoms with Gasteiger partial charge in [-0.2, -0.15) is 0 Å². The van der Waals surface area contributed by atoms with Gasteiger partial charge in [0.2, 0.25) is 5.91 Å². The van der Waals surface area contributed by atoms with E-state index in [-0.39, 0.29) is 5.91 Å². The van der Waals surface area contributed by atoms with Gasteiger partial charge in [0.05, 0.1) is 13.7 Å². The van der Waals surface area contributed by atoms with Gasteiger partial charge in [-0.3, -0.25) is 4.79 Å². The number of unbranched alkanes of at least 4 members (excludes halogenated alkanes) is 1. The van der Waals surface area contributed by atoms with E-state index in [0.717, 1.165) is 30.6 Å². The molecule has 0 unspecified atom stereocenters. The molecule has 0 bridgehead atoms. The molecular formula is C18H27NO4. The van der Waals surface area contributed by atoms with Crippen molar-refractivity contribution < 1.29 is 19.0 Å². The smallest absolute Gasteiger partial charge is 0.244 e.